The normalized spacial score (nSPS) is 12.9. The molecule has 0 aliphatic carbocycles. The van der Waals surface area contributed by atoms with Crippen LogP contribution in [0.3, 0.4) is 0 Å². The van der Waals surface area contributed by atoms with Crippen LogP contribution in [0.2, 0.25) is 0 Å². The average molecular weight is 434 g/mol. The summed E-state index contributed by atoms with van der Waals surface area (Å²) in [7, 11) is 0. The summed E-state index contributed by atoms with van der Waals surface area (Å²) in [4.78, 5) is 33.4. The number of unbranched alkanes of at least 4 members (excludes halogenated alkanes) is 4. The highest BCUT2D eigenvalue weighted by Crippen LogP contribution is 2.03. The minimum absolute atomic E-state index is 0.117. The first-order valence-corrected chi connectivity index (χ1v) is 11.3. The van der Waals surface area contributed by atoms with Crippen LogP contribution in [0.5, 0.6) is 0 Å². The molecule has 3 N–H and O–H groups in total. The number of hydrogen-bond acceptors (Lipinski definition) is 3. The van der Waals surface area contributed by atoms with Gasteiger partial charge in [0.05, 0.1) is 0 Å². The third kappa shape index (κ3) is 20.4. The molecular weight excluding hydrogens is 394 g/mol. The van der Waals surface area contributed by atoms with Gasteiger partial charge in [0.15, 0.2) is 0 Å². The SMILES string of the molecule is CCCCCC=CCC=CCC=CCC=CCCCC(=O)N[C@@H](CCC(=O)O)C(=O)O. The van der Waals surface area contributed by atoms with Crippen molar-refractivity contribution >= 4 is 17.8 Å². The topological polar surface area (TPSA) is 104 Å². The summed E-state index contributed by atoms with van der Waals surface area (Å²) >= 11 is 0. The van der Waals surface area contributed by atoms with Crippen molar-refractivity contribution in [1.29, 1.82) is 0 Å². The van der Waals surface area contributed by atoms with Crippen molar-refractivity contribution in [3.8, 4) is 0 Å². The molecule has 0 aromatic heterocycles. The third-order valence-electron chi connectivity index (χ3n) is 4.51. The Morgan fingerprint density at radius 1 is 0.742 bits per heavy atom. The fraction of sp³-hybridized carbons (Fsp3) is 0.560. The van der Waals surface area contributed by atoms with Crippen molar-refractivity contribution in [2.75, 3.05) is 0 Å². The van der Waals surface area contributed by atoms with Crippen molar-refractivity contribution < 1.29 is 24.6 Å². The number of carbonyl (C=O) groups excluding carboxylic acids is 1. The second-order valence-electron chi connectivity index (χ2n) is 7.37. The summed E-state index contributed by atoms with van der Waals surface area (Å²) in [5.41, 5.74) is 0. The van der Waals surface area contributed by atoms with E-state index in [1.165, 1.54) is 25.7 Å². The number of rotatable bonds is 19. The van der Waals surface area contributed by atoms with Crippen LogP contribution >= 0.6 is 0 Å². The Morgan fingerprint density at radius 2 is 1.26 bits per heavy atom. The molecule has 0 rings (SSSR count). The second-order valence-corrected chi connectivity index (χ2v) is 7.37. The van der Waals surface area contributed by atoms with Gasteiger partial charge in [-0.15, -0.1) is 0 Å². The molecule has 0 aliphatic heterocycles. The first-order chi connectivity index (χ1) is 15.0. The molecule has 0 aromatic rings. The number of carboxylic acids is 2. The molecular formula is C25H39NO5. The Bertz CT molecular complexity index is 619. The second kappa shape index (κ2) is 20.6. The van der Waals surface area contributed by atoms with Crippen LogP contribution in [0.25, 0.3) is 0 Å². The molecule has 0 aromatic carbocycles. The molecule has 0 bridgehead atoms. The molecule has 0 saturated heterocycles. The number of nitrogens with one attached hydrogen (secondary N) is 1. The molecule has 6 heteroatoms. The lowest BCUT2D eigenvalue weighted by atomic mass is 10.1. The number of allylic oxidation sites excluding steroid dienone is 8. The van der Waals surface area contributed by atoms with Crippen molar-refractivity contribution in [2.24, 2.45) is 0 Å². The average Bonchev–Trinajstić information content (AvgIpc) is 2.73. The van der Waals surface area contributed by atoms with Crippen LogP contribution in [0, 0.1) is 0 Å². The first-order valence-electron chi connectivity index (χ1n) is 11.3. The summed E-state index contributed by atoms with van der Waals surface area (Å²) in [5.74, 6) is -2.66. The quantitative estimate of drug-likeness (QED) is 0.183. The molecule has 174 valence electrons. The van der Waals surface area contributed by atoms with Crippen LogP contribution in [0.1, 0.15) is 84.0 Å². The predicted molar refractivity (Wildman–Crippen MR) is 125 cm³/mol. The summed E-state index contributed by atoms with van der Waals surface area (Å²) in [6.07, 6.45) is 26.0. The lowest BCUT2D eigenvalue weighted by molar-refractivity contribution is -0.143. The van der Waals surface area contributed by atoms with Crippen LogP contribution in [0.4, 0.5) is 0 Å². The standard InChI is InChI=1S/C25H39NO5/c1-2-3-4-5-6-7-8-9-10-11-12-13-14-15-16-17-18-19-23(27)26-22(25(30)31)20-21-24(28)29/h6-7,9-10,12-13,15-16,22H,2-5,8,11,14,17-21H2,1H3,(H,26,27)(H,28,29)(H,30,31)/t22-/m0/s1. The van der Waals surface area contributed by atoms with E-state index < -0.39 is 18.0 Å². The van der Waals surface area contributed by atoms with Crippen molar-refractivity contribution in [3.63, 3.8) is 0 Å². The van der Waals surface area contributed by atoms with Crippen LogP contribution in [0.15, 0.2) is 48.6 Å². The van der Waals surface area contributed by atoms with Gasteiger partial charge in [-0.3, -0.25) is 9.59 Å². The van der Waals surface area contributed by atoms with Gasteiger partial charge in [0.25, 0.3) is 0 Å². The molecule has 1 amide bonds. The minimum Gasteiger partial charge on any atom is -0.481 e. The zero-order chi connectivity index (χ0) is 23.2. The molecule has 0 fully saturated rings. The van der Waals surface area contributed by atoms with E-state index in [2.05, 4.69) is 48.7 Å². The van der Waals surface area contributed by atoms with Crippen molar-refractivity contribution in [3.05, 3.63) is 48.6 Å². The van der Waals surface area contributed by atoms with Gasteiger partial charge >= 0.3 is 11.9 Å². The van der Waals surface area contributed by atoms with E-state index in [-0.39, 0.29) is 25.2 Å². The largest absolute Gasteiger partial charge is 0.481 e. The highest BCUT2D eigenvalue weighted by atomic mass is 16.4. The molecule has 31 heavy (non-hydrogen) atoms. The third-order valence-corrected chi connectivity index (χ3v) is 4.51. The summed E-state index contributed by atoms with van der Waals surface area (Å²) in [6.45, 7) is 2.21. The summed E-state index contributed by atoms with van der Waals surface area (Å²) in [5, 5.41) is 20.0. The van der Waals surface area contributed by atoms with E-state index in [4.69, 9.17) is 10.2 Å². The van der Waals surface area contributed by atoms with E-state index in [0.29, 0.717) is 6.42 Å². The minimum atomic E-state index is -1.21. The van der Waals surface area contributed by atoms with Gasteiger partial charge < -0.3 is 15.5 Å². The zero-order valence-electron chi connectivity index (χ0n) is 18.8. The summed E-state index contributed by atoms with van der Waals surface area (Å²) < 4.78 is 0. The van der Waals surface area contributed by atoms with Gasteiger partial charge in [0, 0.05) is 12.8 Å². The Hall–Kier alpha value is -2.63. The monoisotopic (exact) mass is 433 g/mol. The van der Waals surface area contributed by atoms with Gasteiger partial charge in [-0.05, 0) is 51.4 Å². The number of aliphatic carboxylic acids is 2. The van der Waals surface area contributed by atoms with E-state index >= 15 is 0 Å². The molecule has 0 heterocycles. The van der Waals surface area contributed by atoms with E-state index in [9.17, 15) is 14.4 Å². The van der Waals surface area contributed by atoms with E-state index in [1.807, 2.05) is 12.2 Å². The van der Waals surface area contributed by atoms with Crippen molar-refractivity contribution in [2.45, 2.75) is 90.0 Å². The maximum atomic E-state index is 11.8. The van der Waals surface area contributed by atoms with E-state index in [0.717, 1.165) is 25.7 Å². The molecule has 0 radical (unpaired) electrons. The fourth-order valence-electron chi connectivity index (χ4n) is 2.73. The van der Waals surface area contributed by atoms with Crippen LogP contribution in [-0.4, -0.2) is 34.1 Å². The Kier molecular flexibility index (Phi) is 18.9. The number of hydrogen-bond donors (Lipinski definition) is 3. The lowest BCUT2D eigenvalue weighted by Crippen LogP contribution is -2.41. The zero-order valence-corrected chi connectivity index (χ0v) is 18.8. The van der Waals surface area contributed by atoms with E-state index in [1.54, 1.807) is 0 Å². The van der Waals surface area contributed by atoms with Crippen molar-refractivity contribution in [1.82, 2.24) is 5.32 Å². The van der Waals surface area contributed by atoms with Gasteiger partial charge in [-0.25, -0.2) is 4.79 Å². The van der Waals surface area contributed by atoms with Gasteiger partial charge in [0.1, 0.15) is 6.04 Å². The highest BCUT2D eigenvalue weighted by molar-refractivity contribution is 5.83. The smallest absolute Gasteiger partial charge is 0.326 e. The Balaban J connectivity index is 3.77. The highest BCUT2D eigenvalue weighted by Gasteiger charge is 2.20. The Labute approximate surface area is 186 Å². The van der Waals surface area contributed by atoms with Crippen LogP contribution in [-0.2, 0) is 14.4 Å². The molecule has 0 aliphatic rings. The maximum absolute atomic E-state index is 11.8. The Morgan fingerprint density at radius 3 is 1.74 bits per heavy atom. The van der Waals surface area contributed by atoms with Gasteiger partial charge in [-0.1, -0.05) is 68.4 Å². The number of amides is 1. The molecule has 0 spiro atoms. The predicted octanol–water partition coefficient (Wildman–Crippen LogP) is 5.57. The summed E-state index contributed by atoms with van der Waals surface area (Å²) in [6, 6.07) is -1.15. The maximum Gasteiger partial charge on any atom is 0.326 e. The molecule has 0 saturated carbocycles. The van der Waals surface area contributed by atoms with Gasteiger partial charge in [0.2, 0.25) is 5.91 Å². The lowest BCUT2D eigenvalue weighted by Gasteiger charge is -2.13. The van der Waals surface area contributed by atoms with Gasteiger partial charge in [-0.2, -0.15) is 0 Å². The molecule has 1 atom stereocenters. The molecule has 0 unspecified atom stereocenters. The number of carbonyl (C=O) groups is 3. The fourth-order valence-corrected chi connectivity index (χ4v) is 2.73. The van der Waals surface area contributed by atoms with Crippen LogP contribution < -0.4 is 5.32 Å². The number of carboxylic acid groups (broad SMARTS) is 2. The molecule has 6 nitrogen and oxygen atoms in total. The first kappa shape index (κ1) is 28.4.